The molecule has 2 aromatic rings. The van der Waals surface area contributed by atoms with Crippen LogP contribution in [0.1, 0.15) is 41.6 Å². The maximum Gasteiger partial charge on any atom is 0.417 e. The first-order valence-electron chi connectivity index (χ1n) is 7.90. The summed E-state index contributed by atoms with van der Waals surface area (Å²) in [6.45, 7) is 0.124. The van der Waals surface area contributed by atoms with Crippen LogP contribution in [-0.4, -0.2) is 4.57 Å². The molecule has 0 N–H and O–H groups in total. The van der Waals surface area contributed by atoms with E-state index in [1.165, 1.54) is 10.6 Å². The van der Waals surface area contributed by atoms with E-state index in [-0.39, 0.29) is 12.2 Å². The zero-order valence-corrected chi connectivity index (χ0v) is 13.3. The average molecular weight is 344 g/mol. The van der Waals surface area contributed by atoms with E-state index in [9.17, 15) is 18.0 Å². The largest absolute Gasteiger partial charge is 0.417 e. The topological polar surface area (TPSA) is 45.8 Å². The molecule has 0 aliphatic heterocycles. The zero-order valence-electron chi connectivity index (χ0n) is 13.3. The van der Waals surface area contributed by atoms with Crippen LogP contribution in [0.25, 0.3) is 5.57 Å². The summed E-state index contributed by atoms with van der Waals surface area (Å²) in [5, 5.41) is 9.13. The van der Waals surface area contributed by atoms with Gasteiger partial charge in [0.05, 0.1) is 12.1 Å². The standard InChI is InChI=1S/C19H15F3N2O/c20-19(21,22)16-10-17(14-8-4-5-9-14)24(18(25)15(16)11-23)12-13-6-2-1-3-7-13/h1-3,6-8,10H,4-5,9,12H2. The molecule has 0 saturated carbocycles. The van der Waals surface area contributed by atoms with Crippen molar-refractivity contribution >= 4 is 5.57 Å². The van der Waals surface area contributed by atoms with Gasteiger partial charge in [-0.3, -0.25) is 4.79 Å². The second-order valence-electron chi connectivity index (χ2n) is 5.93. The van der Waals surface area contributed by atoms with Gasteiger partial charge in [0.2, 0.25) is 0 Å². The summed E-state index contributed by atoms with van der Waals surface area (Å²) in [5.74, 6) is 0. The van der Waals surface area contributed by atoms with Gasteiger partial charge in [-0.25, -0.2) is 0 Å². The predicted octanol–water partition coefficient (Wildman–Crippen LogP) is 4.35. The zero-order chi connectivity index (χ0) is 18.0. The number of pyridine rings is 1. The summed E-state index contributed by atoms with van der Waals surface area (Å²) >= 11 is 0. The van der Waals surface area contributed by atoms with Crippen LogP contribution in [0.5, 0.6) is 0 Å². The monoisotopic (exact) mass is 344 g/mol. The quantitative estimate of drug-likeness (QED) is 0.831. The summed E-state index contributed by atoms with van der Waals surface area (Å²) in [6, 6.07) is 11.4. The smallest absolute Gasteiger partial charge is 0.303 e. The lowest BCUT2D eigenvalue weighted by atomic mass is 10.0. The number of allylic oxidation sites excluding steroid dienone is 2. The molecular formula is C19H15F3N2O. The van der Waals surface area contributed by atoms with Gasteiger partial charge < -0.3 is 4.57 Å². The van der Waals surface area contributed by atoms with Crippen molar-refractivity contribution in [2.45, 2.75) is 32.0 Å². The molecule has 3 nitrogen and oxygen atoms in total. The van der Waals surface area contributed by atoms with Crippen molar-refractivity contribution in [3.63, 3.8) is 0 Å². The molecule has 1 aromatic carbocycles. The highest BCUT2D eigenvalue weighted by atomic mass is 19.4. The van der Waals surface area contributed by atoms with Crippen LogP contribution in [0, 0.1) is 11.3 Å². The molecule has 1 aliphatic rings. The van der Waals surface area contributed by atoms with Crippen LogP contribution >= 0.6 is 0 Å². The fourth-order valence-corrected chi connectivity index (χ4v) is 3.07. The predicted molar refractivity (Wildman–Crippen MR) is 87.8 cm³/mol. The van der Waals surface area contributed by atoms with Crippen molar-refractivity contribution in [2.75, 3.05) is 0 Å². The van der Waals surface area contributed by atoms with Crippen molar-refractivity contribution in [1.29, 1.82) is 5.26 Å². The number of alkyl halides is 3. The summed E-state index contributed by atoms with van der Waals surface area (Å²) in [7, 11) is 0. The Hall–Kier alpha value is -2.81. The molecule has 0 fully saturated rings. The van der Waals surface area contributed by atoms with E-state index in [1.807, 2.05) is 12.1 Å². The van der Waals surface area contributed by atoms with Crippen LogP contribution in [-0.2, 0) is 12.7 Å². The first-order valence-corrected chi connectivity index (χ1v) is 7.90. The molecule has 0 bridgehead atoms. The van der Waals surface area contributed by atoms with Crippen LogP contribution in [0.3, 0.4) is 0 Å². The van der Waals surface area contributed by atoms with Gasteiger partial charge >= 0.3 is 6.18 Å². The molecule has 0 amide bonds. The third-order valence-electron chi connectivity index (χ3n) is 4.27. The highest BCUT2D eigenvalue weighted by Gasteiger charge is 2.36. The lowest BCUT2D eigenvalue weighted by Crippen LogP contribution is -2.29. The van der Waals surface area contributed by atoms with Gasteiger partial charge in [0, 0.05) is 5.69 Å². The van der Waals surface area contributed by atoms with Gasteiger partial charge in [-0.15, -0.1) is 0 Å². The molecule has 0 atom stereocenters. The Morgan fingerprint density at radius 2 is 1.92 bits per heavy atom. The number of aromatic nitrogens is 1. The second kappa shape index (κ2) is 6.60. The fraction of sp³-hybridized carbons (Fsp3) is 0.263. The maximum atomic E-state index is 13.3. The summed E-state index contributed by atoms with van der Waals surface area (Å²) in [5.41, 5.74) is -1.16. The van der Waals surface area contributed by atoms with E-state index in [2.05, 4.69) is 0 Å². The third kappa shape index (κ3) is 3.36. The molecule has 6 heteroatoms. The number of nitrogens with zero attached hydrogens (tertiary/aromatic N) is 2. The van der Waals surface area contributed by atoms with Crippen molar-refractivity contribution in [3.8, 4) is 6.07 Å². The average Bonchev–Trinajstić information content (AvgIpc) is 3.10. The minimum absolute atomic E-state index is 0.124. The molecule has 1 aliphatic carbocycles. The van der Waals surface area contributed by atoms with Crippen LogP contribution in [0.4, 0.5) is 13.2 Å². The highest BCUT2D eigenvalue weighted by Crippen LogP contribution is 2.35. The number of benzene rings is 1. The number of nitriles is 1. The second-order valence-corrected chi connectivity index (χ2v) is 5.93. The van der Waals surface area contributed by atoms with Gasteiger partial charge in [0.1, 0.15) is 11.6 Å². The first kappa shape index (κ1) is 17.0. The molecular weight excluding hydrogens is 329 g/mol. The lowest BCUT2D eigenvalue weighted by Gasteiger charge is -2.18. The molecule has 0 spiro atoms. The third-order valence-corrected chi connectivity index (χ3v) is 4.27. The number of halogens is 3. The summed E-state index contributed by atoms with van der Waals surface area (Å²) in [6.07, 6.45) is -0.643. The number of hydrogen-bond donors (Lipinski definition) is 0. The van der Waals surface area contributed by atoms with Crippen LogP contribution in [0.15, 0.2) is 47.3 Å². The van der Waals surface area contributed by atoms with E-state index in [0.29, 0.717) is 6.42 Å². The number of rotatable bonds is 3. The van der Waals surface area contributed by atoms with Gasteiger partial charge in [-0.2, -0.15) is 18.4 Å². The van der Waals surface area contributed by atoms with Gasteiger partial charge in [0.25, 0.3) is 5.56 Å². The normalized spacial score (nSPS) is 14.2. The molecule has 128 valence electrons. The Morgan fingerprint density at radius 3 is 2.48 bits per heavy atom. The maximum absolute atomic E-state index is 13.3. The Labute approximate surface area is 142 Å². The van der Waals surface area contributed by atoms with Crippen LogP contribution < -0.4 is 5.56 Å². The van der Waals surface area contributed by atoms with Crippen LogP contribution in [0.2, 0.25) is 0 Å². The Bertz CT molecular complexity index is 919. The molecule has 3 rings (SSSR count). The SMILES string of the molecule is N#Cc1c(C(F)(F)F)cc(C2=CCCC2)n(Cc2ccccc2)c1=O. The Balaban J connectivity index is 2.25. The van der Waals surface area contributed by atoms with Crippen molar-refractivity contribution in [1.82, 2.24) is 4.57 Å². The summed E-state index contributed by atoms with van der Waals surface area (Å²) in [4.78, 5) is 12.7. The van der Waals surface area contributed by atoms with Gasteiger partial charge in [-0.1, -0.05) is 36.4 Å². The van der Waals surface area contributed by atoms with E-state index >= 15 is 0 Å². The number of hydrogen-bond acceptors (Lipinski definition) is 2. The summed E-state index contributed by atoms with van der Waals surface area (Å²) < 4.78 is 41.2. The molecule has 0 saturated heterocycles. The highest BCUT2D eigenvalue weighted by molar-refractivity contribution is 5.66. The molecule has 0 radical (unpaired) electrons. The Kier molecular flexibility index (Phi) is 4.49. The molecule has 1 aromatic heterocycles. The van der Waals surface area contributed by atoms with E-state index in [4.69, 9.17) is 5.26 Å². The van der Waals surface area contributed by atoms with Crippen molar-refractivity contribution in [3.05, 3.63) is 75.2 Å². The van der Waals surface area contributed by atoms with E-state index < -0.39 is 22.9 Å². The first-order chi connectivity index (χ1) is 11.9. The lowest BCUT2D eigenvalue weighted by molar-refractivity contribution is -0.138. The minimum Gasteiger partial charge on any atom is -0.303 e. The van der Waals surface area contributed by atoms with Gasteiger partial charge in [0.15, 0.2) is 0 Å². The van der Waals surface area contributed by atoms with E-state index in [1.54, 1.807) is 24.3 Å². The Morgan fingerprint density at radius 1 is 1.20 bits per heavy atom. The van der Waals surface area contributed by atoms with E-state index in [0.717, 1.165) is 30.0 Å². The molecule has 0 unspecified atom stereocenters. The fourth-order valence-electron chi connectivity index (χ4n) is 3.07. The van der Waals surface area contributed by atoms with Gasteiger partial charge in [-0.05, 0) is 36.5 Å². The minimum atomic E-state index is -4.75. The molecule has 25 heavy (non-hydrogen) atoms. The van der Waals surface area contributed by atoms with Crippen molar-refractivity contribution in [2.24, 2.45) is 0 Å². The molecule has 1 heterocycles. The van der Waals surface area contributed by atoms with Crippen molar-refractivity contribution < 1.29 is 13.2 Å².